The smallest absolute Gasteiger partial charge is 0.198 e. The average molecular weight is 255 g/mol. The van der Waals surface area contributed by atoms with E-state index in [2.05, 4.69) is 12.0 Å². The lowest BCUT2D eigenvalue weighted by atomic mass is 10.1. The normalized spacial score (nSPS) is 12.9. The standard InChI is InChI=1S/C12H15ClN2O2/c1-3-8-6-9(15(2)14-8)7-11(16)10-4-5-17-12(10)13/h4-6,11,16H,3,7H2,1-2H3. The Labute approximate surface area is 105 Å². The van der Waals surface area contributed by atoms with E-state index in [0.29, 0.717) is 12.0 Å². The van der Waals surface area contributed by atoms with Gasteiger partial charge in [0, 0.05) is 24.7 Å². The summed E-state index contributed by atoms with van der Waals surface area (Å²) in [6.45, 7) is 2.05. The van der Waals surface area contributed by atoms with E-state index in [9.17, 15) is 5.11 Å². The maximum Gasteiger partial charge on any atom is 0.198 e. The first kappa shape index (κ1) is 12.2. The van der Waals surface area contributed by atoms with Gasteiger partial charge in [0.15, 0.2) is 5.22 Å². The van der Waals surface area contributed by atoms with Gasteiger partial charge in [-0.3, -0.25) is 4.68 Å². The zero-order valence-corrected chi connectivity index (χ0v) is 10.6. The highest BCUT2D eigenvalue weighted by atomic mass is 35.5. The molecular formula is C12H15ClN2O2. The van der Waals surface area contributed by atoms with Crippen LogP contribution in [0.15, 0.2) is 22.8 Å². The molecule has 2 aromatic heterocycles. The number of nitrogens with zero attached hydrogens (tertiary/aromatic N) is 2. The van der Waals surface area contributed by atoms with Gasteiger partial charge in [-0.2, -0.15) is 5.10 Å². The number of aliphatic hydroxyl groups excluding tert-OH is 1. The molecule has 2 heterocycles. The fourth-order valence-electron chi connectivity index (χ4n) is 1.79. The molecule has 0 spiro atoms. The predicted molar refractivity (Wildman–Crippen MR) is 65.0 cm³/mol. The van der Waals surface area contributed by atoms with Crippen LogP contribution in [0.3, 0.4) is 0 Å². The number of rotatable bonds is 4. The summed E-state index contributed by atoms with van der Waals surface area (Å²) >= 11 is 5.82. The van der Waals surface area contributed by atoms with Crippen molar-refractivity contribution >= 4 is 11.6 Å². The molecule has 4 nitrogen and oxygen atoms in total. The van der Waals surface area contributed by atoms with Crippen molar-refractivity contribution in [3.05, 3.63) is 40.6 Å². The molecule has 2 rings (SSSR count). The van der Waals surface area contributed by atoms with Crippen LogP contribution in [0.1, 0.15) is 30.0 Å². The molecule has 1 N–H and O–H groups in total. The fourth-order valence-corrected chi connectivity index (χ4v) is 2.03. The van der Waals surface area contributed by atoms with Gasteiger partial charge in [-0.25, -0.2) is 0 Å². The highest BCUT2D eigenvalue weighted by Crippen LogP contribution is 2.26. The lowest BCUT2D eigenvalue weighted by molar-refractivity contribution is 0.175. The molecule has 0 aliphatic heterocycles. The summed E-state index contributed by atoms with van der Waals surface area (Å²) in [5, 5.41) is 14.6. The van der Waals surface area contributed by atoms with E-state index in [4.69, 9.17) is 16.0 Å². The van der Waals surface area contributed by atoms with E-state index < -0.39 is 6.10 Å². The van der Waals surface area contributed by atoms with Crippen molar-refractivity contribution in [1.82, 2.24) is 9.78 Å². The van der Waals surface area contributed by atoms with Gasteiger partial charge in [0.25, 0.3) is 0 Å². The van der Waals surface area contributed by atoms with Crippen molar-refractivity contribution in [3.63, 3.8) is 0 Å². The quantitative estimate of drug-likeness (QED) is 0.912. The molecule has 0 saturated heterocycles. The average Bonchev–Trinajstić information content (AvgIpc) is 2.86. The van der Waals surface area contributed by atoms with Crippen molar-refractivity contribution in [2.45, 2.75) is 25.9 Å². The molecule has 1 atom stereocenters. The lowest BCUT2D eigenvalue weighted by Crippen LogP contribution is -2.06. The van der Waals surface area contributed by atoms with Crippen LogP contribution in [-0.4, -0.2) is 14.9 Å². The number of aryl methyl sites for hydroxylation is 2. The zero-order chi connectivity index (χ0) is 12.4. The molecule has 5 heteroatoms. The largest absolute Gasteiger partial charge is 0.453 e. The molecule has 0 aliphatic carbocycles. The number of furan rings is 1. The van der Waals surface area contributed by atoms with Crippen molar-refractivity contribution in [2.24, 2.45) is 7.05 Å². The van der Waals surface area contributed by atoms with Crippen LogP contribution < -0.4 is 0 Å². The lowest BCUT2D eigenvalue weighted by Gasteiger charge is -2.08. The van der Waals surface area contributed by atoms with Crippen molar-refractivity contribution < 1.29 is 9.52 Å². The predicted octanol–water partition coefficient (Wildman–Crippen LogP) is 2.51. The third kappa shape index (κ3) is 2.53. The minimum Gasteiger partial charge on any atom is -0.453 e. The van der Waals surface area contributed by atoms with Gasteiger partial charge in [0.05, 0.1) is 18.1 Å². The number of aliphatic hydroxyl groups is 1. The van der Waals surface area contributed by atoms with Gasteiger partial charge >= 0.3 is 0 Å². The van der Waals surface area contributed by atoms with Gasteiger partial charge < -0.3 is 9.52 Å². The Hall–Kier alpha value is -1.26. The Morgan fingerprint density at radius 1 is 1.59 bits per heavy atom. The van der Waals surface area contributed by atoms with Crippen LogP contribution in [0.25, 0.3) is 0 Å². The van der Waals surface area contributed by atoms with Crippen LogP contribution >= 0.6 is 11.6 Å². The third-order valence-electron chi connectivity index (χ3n) is 2.80. The van der Waals surface area contributed by atoms with Gasteiger partial charge in [-0.15, -0.1) is 0 Å². The Morgan fingerprint density at radius 3 is 2.88 bits per heavy atom. The highest BCUT2D eigenvalue weighted by Gasteiger charge is 2.16. The summed E-state index contributed by atoms with van der Waals surface area (Å²) in [6.07, 6.45) is 2.17. The van der Waals surface area contributed by atoms with Gasteiger partial charge in [0.2, 0.25) is 0 Å². The topological polar surface area (TPSA) is 51.2 Å². The summed E-state index contributed by atoms with van der Waals surface area (Å²) in [7, 11) is 1.87. The van der Waals surface area contributed by atoms with E-state index in [1.54, 1.807) is 10.7 Å². The second-order valence-corrected chi connectivity index (χ2v) is 4.32. The van der Waals surface area contributed by atoms with E-state index in [1.807, 2.05) is 13.1 Å². The molecule has 1 unspecified atom stereocenters. The second kappa shape index (κ2) is 4.94. The molecule has 17 heavy (non-hydrogen) atoms. The van der Waals surface area contributed by atoms with Gasteiger partial charge in [-0.05, 0) is 30.2 Å². The van der Waals surface area contributed by atoms with Crippen molar-refractivity contribution in [1.29, 1.82) is 0 Å². The third-order valence-corrected chi connectivity index (χ3v) is 3.10. The molecule has 0 radical (unpaired) electrons. The summed E-state index contributed by atoms with van der Waals surface area (Å²) in [5.74, 6) is 0. The fraction of sp³-hybridized carbons (Fsp3) is 0.417. The van der Waals surface area contributed by atoms with E-state index >= 15 is 0 Å². The Balaban J connectivity index is 2.15. The van der Waals surface area contributed by atoms with Crippen molar-refractivity contribution in [3.8, 4) is 0 Å². The van der Waals surface area contributed by atoms with Gasteiger partial charge in [0.1, 0.15) is 0 Å². The van der Waals surface area contributed by atoms with Crippen molar-refractivity contribution in [2.75, 3.05) is 0 Å². The van der Waals surface area contributed by atoms with E-state index in [0.717, 1.165) is 17.8 Å². The first-order valence-electron chi connectivity index (χ1n) is 5.54. The molecule has 0 bridgehead atoms. The molecule has 92 valence electrons. The number of halogens is 1. The summed E-state index contributed by atoms with van der Waals surface area (Å²) in [5.41, 5.74) is 2.62. The Kier molecular flexibility index (Phi) is 3.54. The second-order valence-electron chi connectivity index (χ2n) is 3.97. The first-order valence-corrected chi connectivity index (χ1v) is 5.92. The highest BCUT2D eigenvalue weighted by molar-refractivity contribution is 6.29. The monoisotopic (exact) mass is 254 g/mol. The number of aromatic nitrogens is 2. The first-order chi connectivity index (χ1) is 8.11. The summed E-state index contributed by atoms with van der Waals surface area (Å²) in [6, 6.07) is 3.68. The van der Waals surface area contributed by atoms with E-state index in [1.165, 1.54) is 6.26 Å². The molecule has 2 aromatic rings. The molecule has 0 aromatic carbocycles. The SMILES string of the molecule is CCc1cc(CC(O)c2ccoc2Cl)n(C)n1. The van der Waals surface area contributed by atoms with Gasteiger partial charge in [-0.1, -0.05) is 6.92 Å². The van der Waals surface area contributed by atoms with Crippen LogP contribution in [0.2, 0.25) is 5.22 Å². The Bertz CT molecular complexity index is 504. The van der Waals surface area contributed by atoms with Crippen LogP contribution in [-0.2, 0) is 19.9 Å². The molecular weight excluding hydrogens is 240 g/mol. The summed E-state index contributed by atoms with van der Waals surface area (Å²) in [4.78, 5) is 0. The zero-order valence-electron chi connectivity index (χ0n) is 9.85. The van der Waals surface area contributed by atoms with E-state index in [-0.39, 0.29) is 5.22 Å². The van der Waals surface area contributed by atoms with Crippen LogP contribution in [0.4, 0.5) is 0 Å². The minimum atomic E-state index is -0.665. The molecule has 0 amide bonds. The maximum atomic E-state index is 10.1. The molecule has 0 fully saturated rings. The minimum absolute atomic E-state index is 0.246. The number of hydrogen-bond acceptors (Lipinski definition) is 3. The van der Waals surface area contributed by atoms with Crippen LogP contribution in [0.5, 0.6) is 0 Å². The molecule has 0 aliphatic rings. The van der Waals surface area contributed by atoms with Crippen LogP contribution in [0, 0.1) is 0 Å². The Morgan fingerprint density at radius 2 is 2.35 bits per heavy atom. The maximum absolute atomic E-state index is 10.1. The molecule has 0 saturated carbocycles. The number of hydrogen-bond donors (Lipinski definition) is 1. The summed E-state index contributed by atoms with van der Waals surface area (Å²) < 4.78 is 6.75.